The minimum Gasteiger partial charge on any atom is -0.480 e. The SMILES string of the molecule is COC(=O)CC[C@H](NC(=O)CC1CNCCO1)C(=O)O. The van der Waals surface area contributed by atoms with Crippen molar-refractivity contribution in [3.05, 3.63) is 0 Å². The van der Waals surface area contributed by atoms with E-state index in [2.05, 4.69) is 15.4 Å². The van der Waals surface area contributed by atoms with Crippen LogP contribution in [-0.4, -0.2) is 61.9 Å². The van der Waals surface area contributed by atoms with Crippen LogP contribution < -0.4 is 10.6 Å². The summed E-state index contributed by atoms with van der Waals surface area (Å²) in [6, 6.07) is -1.10. The van der Waals surface area contributed by atoms with Crippen molar-refractivity contribution in [3.63, 3.8) is 0 Å². The molecule has 8 heteroatoms. The number of nitrogens with one attached hydrogen (secondary N) is 2. The lowest BCUT2D eigenvalue weighted by molar-refractivity contribution is -0.144. The number of esters is 1. The van der Waals surface area contributed by atoms with Crippen LogP contribution in [0.4, 0.5) is 0 Å². The Hall–Kier alpha value is -1.67. The third kappa shape index (κ3) is 5.98. The molecule has 114 valence electrons. The summed E-state index contributed by atoms with van der Waals surface area (Å²) in [4.78, 5) is 33.7. The molecule has 0 aromatic rings. The van der Waals surface area contributed by atoms with E-state index in [0.29, 0.717) is 13.2 Å². The number of carbonyl (C=O) groups excluding carboxylic acids is 2. The molecule has 2 atom stereocenters. The number of hydrogen-bond donors (Lipinski definition) is 3. The quantitative estimate of drug-likeness (QED) is 0.509. The average Bonchev–Trinajstić information content (AvgIpc) is 2.43. The van der Waals surface area contributed by atoms with E-state index in [1.54, 1.807) is 0 Å². The smallest absolute Gasteiger partial charge is 0.326 e. The van der Waals surface area contributed by atoms with Crippen molar-refractivity contribution >= 4 is 17.8 Å². The Morgan fingerprint density at radius 2 is 2.25 bits per heavy atom. The molecule has 1 aliphatic heterocycles. The normalized spacial score (nSPS) is 19.9. The van der Waals surface area contributed by atoms with E-state index in [0.717, 1.165) is 6.54 Å². The van der Waals surface area contributed by atoms with E-state index >= 15 is 0 Å². The molecule has 20 heavy (non-hydrogen) atoms. The highest BCUT2D eigenvalue weighted by atomic mass is 16.5. The van der Waals surface area contributed by atoms with Gasteiger partial charge in [-0.2, -0.15) is 0 Å². The topological polar surface area (TPSA) is 114 Å². The third-order valence-electron chi connectivity index (χ3n) is 2.92. The van der Waals surface area contributed by atoms with Gasteiger partial charge in [0.1, 0.15) is 6.04 Å². The van der Waals surface area contributed by atoms with Crippen LogP contribution in [0.25, 0.3) is 0 Å². The molecule has 1 aliphatic rings. The molecule has 1 amide bonds. The highest BCUT2D eigenvalue weighted by molar-refractivity contribution is 5.84. The summed E-state index contributed by atoms with van der Waals surface area (Å²) in [5, 5.41) is 14.5. The second kappa shape index (κ2) is 8.49. The summed E-state index contributed by atoms with van der Waals surface area (Å²) < 4.78 is 9.80. The molecule has 0 saturated carbocycles. The number of hydrogen-bond acceptors (Lipinski definition) is 6. The van der Waals surface area contributed by atoms with Gasteiger partial charge in [0.05, 0.1) is 26.2 Å². The van der Waals surface area contributed by atoms with Gasteiger partial charge in [0.15, 0.2) is 0 Å². The molecule has 0 aromatic heterocycles. The van der Waals surface area contributed by atoms with Gasteiger partial charge < -0.3 is 25.2 Å². The van der Waals surface area contributed by atoms with Crippen LogP contribution in [0.15, 0.2) is 0 Å². The Balaban J connectivity index is 2.37. The van der Waals surface area contributed by atoms with Crippen LogP contribution >= 0.6 is 0 Å². The molecule has 3 N–H and O–H groups in total. The van der Waals surface area contributed by atoms with Crippen molar-refractivity contribution < 1.29 is 29.0 Å². The average molecular weight is 288 g/mol. The predicted molar refractivity (Wildman–Crippen MR) is 68.0 cm³/mol. The molecule has 1 heterocycles. The number of amides is 1. The van der Waals surface area contributed by atoms with E-state index in [9.17, 15) is 14.4 Å². The van der Waals surface area contributed by atoms with Crippen molar-refractivity contribution in [1.29, 1.82) is 0 Å². The number of ether oxygens (including phenoxy) is 2. The Morgan fingerprint density at radius 1 is 1.50 bits per heavy atom. The molecular weight excluding hydrogens is 268 g/mol. The van der Waals surface area contributed by atoms with Crippen molar-refractivity contribution in [3.8, 4) is 0 Å². The summed E-state index contributed by atoms with van der Waals surface area (Å²) >= 11 is 0. The Bertz CT molecular complexity index is 354. The van der Waals surface area contributed by atoms with E-state index in [1.165, 1.54) is 7.11 Å². The van der Waals surface area contributed by atoms with Gasteiger partial charge in [-0.1, -0.05) is 0 Å². The van der Waals surface area contributed by atoms with Crippen molar-refractivity contribution in [2.45, 2.75) is 31.4 Å². The number of carboxylic acid groups (broad SMARTS) is 1. The Kier molecular flexibility index (Phi) is 6.96. The van der Waals surface area contributed by atoms with Crippen molar-refractivity contribution in [2.75, 3.05) is 26.8 Å². The third-order valence-corrected chi connectivity index (χ3v) is 2.92. The van der Waals surface area contributed by atoms with Crippen LogP contribution in [0, 0.1) is 0 Å². The lowest BCUT2D eigenvalue weighted by Crippen LogP contribution is -2.45. The van der Waals surface area contributed by atoms with Gasteiger partial charge in [0.25, 0.3) is 0 Å². The van der Waals surface area contributed by atoms with Gasteiger partial charge in [-0.25, -0.2) is 4.79 Å². The van der Waals surface area contributed by atoms with E-state index in [-0.39, 0.29) is 25.4 Å². The number of carboxylic acids is 1. The van der Waals surface area contributed by atoms with Crippen LogP contribution in [0.1, 0.15) is 19.3 Å². The fourth-order valence-electron chi connectivity index (χ4n) is 1.83. The predicted octanol–water partition coefficient (Wildman–Crippen LogP) is -1.11. The molecule has 1 rings (SSSR count). The van der Waals surface area contributed by atoms with Gasteiger partial charge in [0, 0.05) is 19.5 Å². The maximum Gasteiger partial charge on any atom is 0.326 e. The molecule has 0 bridgehead atoms. The fourth-order valence-corrected chi connectivity index (χ4v) is 1.83. The number of rotatable bonds is 7. The lowest BCUT2D eigenvalue weighted by Gasteiger charge is -2.23. The van der Waals surface area contributed by atoms with Gasteiger partial charge >= 0.3 is 11.9 Å². The zero-order chi connectivity index (χ0) is 15.0. The minimum absolute atomic E-state index is 0.00246. The largest absolute Gasteiger partial charge is 0.480 e. The van der Waals surface area contributed by atoms with Gasteiger partial charge in [0.2, 0.25) is 5.91 Å². The van der Waals surface area contributed by atoms with Crippen LogP contribution in [-0.2, 0) is 23.9 Å². The first-order valence-corrected chi connectivity index (χ1v) is 6.44. The molecule has 1 fully saturated rings. The van der Waals surface area contributed by atoms with E-state index in [1.807, 2.05) is 0 Å². The molecule has 0 aliphatic carbocycles. The van der Waals surface area contributed by atoms with Gasteiger partial charge in [-0.3, -0.25) is 9.59 Å². The second-order valence-electron chi connectivity index (χ2n) is 4.47. The molecule has 8 nitrogen and oxygen atoms in total. The van der Waals surface area contributed by atoms with Crippen molar-refractivity contribution in [1.82, 2.24) is 10.6 Å². The number of morpholine rings is 1. The molecule has 1 saturated heterocycles. The van der Waals surface area contributed by atoms with Gasteiger partial charge in [-0.15, -0.1) is 0 Å². The fraction of sp³-hybridized carbons (Fsp3) is 0.750. The van der Waals surface area contributed by atoms with Crippen molar-refractivity contribution in [2.24, 2.45) is 0 Å². The molecule has 1 unspecified atom stereocenters. The highest BCUT2D eigenvalue weighted by Crippen LogP contribution is 2.04. The number of carbonyl (C=O) groups is 3. The van der Waals surface area contributed by atoms with Crippen LogP contribution in [0.5, 0.6) is 0 Å². The maximum atomic E-state index is 11.7. The van der Waals surface area contributed by atoms with E-state index < -0.39 is 23.9 Å². The second-order valence-corrected chi connectivity index (χ2v) is 4.47. The molecule has 0 aromatic carbocycles. The Morgan fingerprint density at radius 3 is 2.80 bits per heavy atom. The number of aliphatic carboxylic acids is 1. The Labute approximate surface area is 116 Å². The standard InChI is InChI=1S/C12H20N2O6/c1-19-11(16)3-2-9(12(17)18)14-10(15)6-8-7-13-4-5-20-8/h8-9,13H,2-7H2,1H3,(H,14,15)(H,17,18)/t8?,9-/m0/s1. The molecular formula is C12H20N2O6. The first kappa shape index (κ1) is 16.4. The number of methoxy groups -OCH3 is 1. The summed E-state index contributed by atoms with van der Waals surface area (Å²) in [6.45, 7) is 1.84. The first-order valence-electron chi connectivity index (χ1n) is 6.44. The molecule has 0 radical (unpaired) electrons. The first-order chi connectivity index (χ1) is 9.52. The minimum atomic E-state index is -1.18. The summed E-state index contributed by atoms with van der Waals surface area (Å²) in [5.74, 6) is -2.09. The van der Waals surface area contributed by atoms with Crippen LogP contribution in [0.3, 0.4) is 0 Å². The summed E-state index contributed by atoms with van der Waals surface area (Å²) in [6.07, 6.45) is -0.222. The highest BCUT2D eigenvalue weighted by Gasteiger charge is 2.23. The zero-order valence-corrected chi connectivity index (χ0v) is 11.4. The molecule has 0 spiro atoms. The van der Waals surface area contributed by atoms with Gasteiger partial charge in [-0.05, 0) is 6.42 Å². The van der Waals surface area contributed by atoms with E-state index in [4.69, 9.17) is 9.84 Å². The zero-order valence-electron chi connectivity index (χ0n) is 11.4. The maximum absolute atomic E-state index is 11.7. The summed E-state index contributed by atoms with van der Waals surface area (Å²) in [5.41, 5.74) is 0. The summed E-state index contributed by atoms with van der Waals surface area (Å²) in [7, 11) is 1.23. The lowest BCUT2D eigenvalue weighted by atomic mass is 10.1. The monoisotopic (exact) mass is 288 g/mol. The van der Waals surface area contributed by atoms with Crippen LogP contribution in [0.2, 0.25) is 0 Å².